The van der Waals surface area contributed by atoms with Gasteiger partial charge in [-0.3, -0.25) is 38.9 Å². The number of halogens is 8. The Morgan fingerprint density at radius 2 is 1.11 bits per heavy atom. The molecule has 0 aromatic heterocycles. The number of benzene rings is 1. The van der Waals surface area contributed by atoms with Crippen molar-refractivity contribution < 1.29 is 111 Å². The van der Waals surface area contributed by atoms with Crippen LogP contribution in [-0.4, -0.2) is 142 Å². The summed E-state index contributed by atoms with van der Waals surface area (Å²) in [6, 6.07) is 4.93. The van der Waals surface area contributed by atoms with Crippen molar-refractivity contribution in [1.82, 2.24) is 0 Å². The molecule has 1 aromatic carbocycles. The first-order valence-electron chi connectivity index (χ1n) is 30.6. The minimum atomic E-state index is -4.72. The average Bonchev–Trinajstić information content (AvgIpc) is 1.08. The van der Waals surface area contributed by atoms with Gasteiger partial charge in [0, 0.05) is 62.0 Å². The van der Waals surface area contributed by atoms with Crippen LogP contribution in [0.1, 0.15) is 163 Å². The minimum absolute atomic E-state index is 0.0149. The van der Waals surface area contributed by atoms with E-state index in [-0.39, 0.29) is 90.3 Å². The van der Waals surface area contributed by atoms with Crippen LogP contribution in [0.15, 0.2) is 18.2 Å². The van der Waals surface area contributed by atoms with Gasteiger partial charge >= 0.3 is 62.1 Å². The molecule has 18 nitrogen and oxygen atoms in total. The fraction of sp³-hybridized carbons (Fsp3) is 0.803. The molecule has 0 aliphatic heterocycles. The van der Waals surface area contributed by atoms with E-state index in [4.69, 9.17) is 42.0 Å². The van der Waals surface area contributed by atoms with Crippen LogP contribution in [0.4, 0.5) is 40.8 Å². The molecule has 0 amide bonds. The van der Waals surface area contributed by atoms with Crippen molar-refractivity contribution in [2.24, 2.45) is 35.0 Å². The van der Waals surface area contributed by atoms with Gasteiger partial charge in [-0.1, -0.05) is 59.3 Å². The smallest absolute Gasteiger partial charge is 0.334 e. The topological polar surface area (TPSA) is 229 Å². The number of nitro groups is 1. The monoisotopic (exact) mass is 1330 g/mol. The van der Waals surface area contributed by atoms with Gasteiger partial charge in [-0.15, -0.1) is 0 Å². The van der Waals surface area contributed by atoms with Gasteiger partial charge in [0.2, 0.25) is 0 Å². The zero-order chi connectivity index (χ0) is 68.2. The second-order valence-electron chi connectivity index (χ2n) is 24.8. The summed E-state index contributed by atoms with van der Waals surface area (Å²) in [5.74, 6) is -31.6. The largest absolute Gasteiger partial charge is 0.491 e. The highest BCUT2D eigenvalue weighted by molar-refractivity contribution is 6.76. The molecule has 0 N–H and O–H groups in total. The molecule has 7 unspecified atom stereocenters. The van der Waals surface area contributed by atoms with Crippen molar-refractivity contribution in [1.29, 1.82) is 0 Å². The lowest BCUT2D eigenvalue weighted by atomic mass is 9.69. The van der Waals surface area contributed by atoms with Crippen molar-refractivity contribution in [3.63, 3.8) is 0 Å². The number of nitrogens with zero attached hydrogens (tertiary/aromatic N) is 1. The van der Waals surface area contributed by atoms with Crippen LogP contribution in [0, 0.1) is 45.1 Å². The third-order valence-corrected chi connectivity index (χ3v) is 20.6. The normalized spacial score (nSPS) is 15.3. The van der Waals surface area contributed by atoms with Gasteiger partial charge in [-0.05, 0) is 109 Å². The van der Waals surface area contributed by atoms with Crippen LogP contribution in [-0.2, 0) is 66.0 Å². The summed E-state index contributed by atoms with van der Waals surface area (Å²) in [6.45, 7) is 14.3. The predicted octanol–water partition coefficient (Wildman–Crippen LogP) is 14.6. The zero-order valence-corrected chi connectivity index (χ0v) is 56.6. The predicted molar refractivity (Wildman–Crippen MR) is 320 cm³/mol. The SMILES string of the molecule is CCCCOC(=O)C(C)(CC(CC(CCC)C(=O)OCCC[Si](C)(C)C)C(=O)CCCC(F)(F)C(C)(F)F)CC(CC(CC(CC)C(=O)OCCC[Si](C)(OC)OC)C(=O)OC(C)c1ccc(OCCOC)cc1[N+](=O)[O-])C(=O)OCCC(F)(F)C(C)(F)F. The molecule has 0 radical (unpaired) electrons. The highest BCUT2D eigenvalue weighted by atomic mass is 28.4. The summed E-state index contributed by atoms with van der Waals surface area (Å²) in [5, 5.41) is 12.5. The zero-order valence-electron chi connectivity index (χ0n) is 54.6. The van der Waals surface area contributed by atoms with Crippen LogP contribution in [0.3, 0.4) is 0 Å². The van der Waals surface area contributed by atoms with Crippen molar-refractivity contribution in [2.75, 3.05) is 61.0 Å². The Labute approximate surface area is 521 Å². The molecule has 28 heteroatoms. The van der Waals surface area contributed by atoms with E-state index in [1.165, 1.54) is 47.3 Å². The number of nitro benzene ring substituents is 1. The summed E-state index contributed by atoms with van der Waals surface area (Å²) in [7, 11) is 0.163. The van der Waals surface area contributed by atoms with Gasteiger partial charge in [0.1, 0.15) is 24.2 Å². The Bertz CT molecular complexity index is 2370. The second-order valence-corrected chi connectivity index (χ2v) is 34.0. The number of esters is 5. The lowest BCUT2D eigenvalue weighted by Crippen LogP contribution is -2.41. The number of alkyl halides is 8. The highest BCUT2D eigenvalue weighted by Crippen LogP contribution is 2.44. The fourth-order valence-electron chi connectivity index (χ4n) is 9.92. The Kier molecular flexibility index (Phi) is 35.3. The summed E-state index contributed by atoms with van der Waals surface area (Å²) in [4.78, 5) is 98.7. The van der Waals surface area contributed by atoms with Gasteiger partial charge in [0.25, 0.3) is 5.69 Å². The molecule has 0 aliphatic rings. The van der Waals surface area contributed by atoms with Crippen LogP contribution < -0.4 is 4.74 Å². The van der Waals surface area contributed by atoms with E-state index in [2.05, 4.69) is 19.6 Å². The molecule has 0 bridgehead atoms. The first-order valence-corrected chi connectivity index (χ1v) is 36.9. The second kappa shape index (κ2) is 38.3. The number of carbonyl (C=O) groups is 6. The number of carbonyl (C=O) groups excluding carboxylic acids is 6. The quantitative estimate of drug-likeness (QED) is 0.0112. The number of ketones is 1. The molecular formula is C61H99F8NO17Si2. The average molecular weight is 1330 g/mol. The Morgan fingerprint density at radius 1 is 0.596 bits per heavy atom. The standard InChI is InChI=1S/C61H99F8NO17Si2/c1-15-18-28-86-56(76)57(5,40-46(51(71)23-19-26-60(66,67)58(6,62)63)37-44(22-16-2)53(73)84-29-20-34-88(11,12)13)41-47(54(74)85-31-27-61(68,69)59(7,64)65)38-45(36-43(17-3)52(72)83-30-21-35-89(14,80-9)81-10)55(75)87-42(4)49-25-24-48(82-33-32-79-8)39-50(49)70(77)78/h24-25,39,42-47H,15-23,26-38,40-41H2,1-14H3. The van der Waals surface area contributed by atoms with Crippen LogP contribution in [0.2, 0.25) is 38.3 Å². The first-order chi connectivity index (χ1) is 41.2. The van der Waals surface area contributed by atoms with E-state index in [9.17, 15) is 74.0 Å². The number of hydrogen-bond donors (Lipinski definition) is 0. The van der Waals surface area contributed by atoms with E-state index >= 15 is 0 Å². The first kappa shape index (κ1) is 82.2. The number of ether oxygens (including phenoxy) is 7. The number of Topliss-reactive ketones (excluding diaryl/α,β-unsaturated/α-hetero) is 1. The van der Waals surface area contributed by atoms with E-state index in [1.54, 1.807) is 27.3 Å². The third-order valence-electron chi connectivity index (χ3n) is 15.8. The Balaban J connectivity index is 4.35. The molecule has 1 rings (SSSR count). The van der Waals surface area contributed by atoms with Gasteiger partial charge < -0.3 is 42.0 Å². The van der Waals surface area contributed by atoms with Crippen LogP contribution >= 0.6 is 0 Å². The maximum atomic E-state index is 14.9. The Morgan fingerprint density at radius 3 is 1.64 bits per heavy atom. The maximum Gasteiger partial charge on any atom is 0.334 e. The van der Waals surface area contributed by atoms with Gasteiger partial charge in [-0.25, -0.2) is 17.6 Å². The molecule has 514 valence electrons. The molecule has 89 heavy (non-hydrogen) atoms. The number of unbranched alkanes of at least 4 members (excludes halogenated alkanes) is 1. The molecule has 0 spiro atoms. The van der Waals surface area contributed by atoms with E-state index in [1.807, 2.05) is 0 Å². The van der Waals surface area contributed by atoms with Gasteiger partial charge in [0.05, 0.1) is 85.1 Å². The fourth-order valence-corrected chi connectivity index (χ4v) is 12.5. The van der Waals surface area contributed by atoms with E-state index in [0.717, 1.165) is 12.1 Å². The summed E-state index contributed by atoms with van der Waals surface area (Å²) < 4.78 is 165. The number of hydrogen-bond acceptors (Lipinski definition) is 17. The number of rotatable bonds is 48. The summed E-state index contributed by atoms with van der Waals surface area (Å²) >= 11 is 0. The summed E-state index contributed by atoms with van der Waals surface area (Å²) in [6.07, 6.45) is -7.22. The van der Waals surface area contributed by atoms with Crippen molar-refractivity contribution in [2.45, 2.75) is 219 Å². The lowest BCUT2D eigenvalue weighted by molar-refractivity contribution is -0.386. The van der Waals surface area contributed by atoms with E-state index in [0.29, 0.717) is 25.3 Å². The van der Waals surface area contributed by atoms with Crippen molar-refractivity contribution in [3.8, 4) is 5.75 Å². The Hall–Kier alpha value is -4.81. The third kappa shape index (κ3) is 29.1. The summed E-state index contributed by atoms with van der Waals surface area (Å²) in [5.41, 5.74) is -2.81. The number of methoxy groups -OCH3 is 1. The van der Waals surface area contributed by atoms with Crippen LogP contribution in [0.5, 0.6) is 5.75 Å². The van der Waals surface area contributed by atoms with Crippen molar-refractivity contribution >= 4 is 58.0 Å². The molecular weight excluding hydrogens is 1230 g/mol. The molecule has 1 aromatic rings. The van der Waals surface area contributed by atoms with Crippen molar-refractivity contribution in [3.05, 3.63) is 33.9 Å². The maximum absolute atomic E-state index is 14.9. The van der Waals surface area contributed by atoms with E-state index < -0.39 is 186 Å². The molecule has 0 heterocycles. The molecule has 7 atom stereocenters. The molecule has 0 saturated heterocycles. The van der Waals surface area contributed by atoms with Crippen LogP contribution in [0.25, 0.3) is 0 Å². The van der Waals surface area contributed by atoms with Gasteiger partial charge in [0.15, 0.2) is 0 Å². The molecule has 0 saturated carbocycles. The lowest BCUT2D eigenvalue weighted by Gasteiger charge is -2.35. The minimum Gasteiger partial charge on any atom is -0.491 e. The highest BCUT2D eigenvalue weighted by Gasteiger charge is 2.53. The molecule has 0 aliphatic carbocycles. The molecule has 0 fully saturated rings. The van der Waals surface area contributed by atoms with Gasteiger partial charge in [-0.2, -0.15) is 17.6 Å².